The van der Waals surface area contributed by atoms with E-state index >= 15 is 4.57 Å². The Morgan fingerprint density at radius 3 is 1.80 bits per heavy atom. The molecule has 1 N–H and O–H groups in total. The summed E-state index contributed by atoms with van der Waals surface area (Å²) in [6.07, 6.45) is 0. The van der Waals surface area contributed by atoms with Crippen molar-refractivity contribution in [1.82, 2.24) is 5.09 Å². The molecule has 0 aliphatic heterocycles. The summed E-state index contributed by atoms with van der Waals surface area (Å²) in [5, 5.41) is 6.77. The van der Waals surface area contributed by atoms with Crippen LogP contribution in [0.3, 0.4) is 0 Å². The number of rotatable bonds is 8. The first kappa shape index (κ1) is 25.2. The maximum Gasteiger partial charge on any atom is 0.204 e. The van der Waals surface area contributed by atoms with Gasteiger partial charge in [0.1, 0.15) is 13.8 Å². The normalized spacial score (nSPS) is 12.8. The summed E-state index contributed by atoms with van der Waals surface area (Å²) in [6, 6.07) is 34.6. The first-order chi connectivity index (χ1) is 16.8. The Morgan fingerprint density at radius 2 is 1.31 bits per heavy atom. The van der Waals surface area contributed by atoms with Gasteiger partial charge >= 0.3 is 0 Å². The van der Waals surface area contributed by atoms with Crippen molar-refractivity contribution in [2.45, 2.75) is 32.6 Å². The zero-order valence-electron chi connectivity index (χ0n) is 21.2. The molecule has 0 fully saturated rings. The Hall–Kier alpha value is -2.91. The Bertz CT molecular complexity index is 1280. The summed E-state index contributed by atoms with van der Waals surface area (Å²) >= 11 is 0. The molecule has 35 heavy (non-hydrogen) atoms. The second-order valence-electron chi connectivity index (χ2n) is 9.66. The minimum Gasteiger partial charge on any atom is -0.497 e. The summed E-state index contributed by atoms with van der Waals surface area (Å²) in [7, 11) is -3.72. The third-order valence-electron chi connectivity index (χ3n) is 6.80. The molecule has 4 aromatic rings. The summed E-state index contributed by atoms with van der Waals surface area (Å²) in [6.45, 7) is 9.06. The van der Waals surface area contributed by atoms with Crippen molar-refractivity contribution < 1.29 is 9.30 Å². The number of hydrogen-bond acceptors (Lipinski definition) is 2. The summed E-state index contributed by atoms with van der Waals surface area (Å²) in [4.78, 5) is 0. The van der Waals surface area contributed by atoms with Crippen LogP contribution in [0.5, 0.6) is 5.75 Å². The van der Waals surface area contributed by atoms with Crippen LogP contribution in [0.25, 0.3) is 0 Å². The molecule has 4 rings (SSSR count). The third kappa shape index (κ3) is 5.20. The highest BCUT2D eigenvalue weighted by molar-refractivity contribution is 7.77. The van der Waals surface area contributed by atoms with Crippen LogP contribution in [-0.2, 0) is 4.57 Å². The number of benzene rings is 4. The molecule has 0 amide bonds. The van der Waals surface area contributed by atoms with Crippen LogP contribution in [0.1, 0.15) is 22.4 Å². The van der Waals surface area contributed by atoms with Gasteiger partial charge < -0.3 is 4.74 Å². The summed E-state index contributed by atoms with van der Waals surface area (Å²) < 4.78 is 20.5. The van der Waals surface area contributed by atoms with Gasteiger partial charge in [0.15, 0.2) is 0 Å². The van der Waals surface area contributed by atoms with Crippen molar-refractivity contribution in [2.75, 3.05) is 7.11 Å². The summed E-state index contributed by atoms with van der Waals surface area (Å²) in [5.41, 5.74) is 3.57. The van der Waals surface area contributed by atoms with Crippen molar-refractivity contribution in [3.8, 4) is 5.75 Å². The highest BCUT2D eigenvalue weighted by atomic mass is 31.2. The first-order valence-electron chi connectivity index (χ1n) is 12.0. The molecule has 180 valence electrons. The van der Waals surface area contributed by atoms with Gasteiger partial charge in [0.2, 0.25) is 7.29 Å². The monoisotopic (exact) mass is 499 g/mol. The van der Waals surface area contributed by atoms with Gasteiger partial charge in [0, 0.05) is 16.3 Å². The zero-order chi connectivity index (χ0) is 25.1. The predicted molar refractivity (Wildman–Crippen MR) is 152 cm³/mol. The van der Waals surface area contributed by atoms with Gasteiger partial charge in [-0.1, -0.05) is 96.1 Å². The molecule has 0 aliphatic rings. The molecule has 0 spiro atoms. The second-order valence-corrected chi connectivity index (χ2v) is 16.7. The Labute approximate surface area is 210 Å². The van der Waals surface area contributed by atoms with E-state index < -0.39 is 15.4 Å². The van der Waals surface area contributed by atoms with Crippen LogP contribution in [0, 0.1) is 13.8 Å². The van der Waals surface area contributed by atoms with Crippen molar-refractivity contribution >= 4 is 31.2 Å². The van der Waals surface area contributed by atoms with Gasteiger partial charge in [-0.3, -0.25) is 9.65 Å². The average Bonchev–Trinajstić information content (AvgIpc) is 2.88. The molecule has 1 atom stereocenters. The van der Waals surface area contributed by atoms with Gasteiger partial charge in [-0.15, -0.1) is 0 Å². The lowest BCUT2D eigenvalue weighted by molar-refractivity contribution is 0.414. The van der Waals surface area contributed by atoms with Gasteiger partial charge in [-0.25, -0.2) is 0 Å². The average molecular weight is 500 g/mol. The lowest BCUT2D eigenvalue weighted by Crippen LogP contribution is -2.54. The molecule has 1 unspecified atom stereocenters. The Kier molecular flexibility index (Phi) is 7.46. The van der Waals surface area contributed by atoms with Crippen LogP contribution >= 0.6 is 7.29 Å². The zero-order valence-corrected chi connectivity index (χ0v) is 23.1. The fourth-order valence-electron chi connectivity index (χ4n) is 4.90. The summed E-state index contributed by atoms with van der Waals surface area (Å²) in [5.74, 6) is 0.813. The van der Waals surface area contributed by atoms with Crippen molar-refractivity contribution in [1.29, 1.82) is 0 Å². The van der Waals surface area contributed by atoms with Crippen LogP contribution in [0.15, 0.2) is 103 Å². The minimum atomic E-state index is -3.15. The van der Waals surface area contributed by atoms with Crippen LogP contribution < -0.4 is 25.6 Å². The molecule has 0 saturated heterocycles. The minimum absolute atomic E-state index is 0.0962. The molecule has 0 radical (unpaired) electrons. The number of aryl methyl sites for hydroxylation is 2. The van der Waals surface area contributed by atoms with E-state index in [0.29, 0.717) is 0 Å². The number of ether oxygens (including phenoxy) is 1. The van der Waals surface area contributed by atoms with E-state index in [1.807, 2.05) is 72.8 Å². The molecule has 0 bridgehead atoms. The SMILES string of the molecule is COc1ccc(C(NP(=O)(c2ccccc2)c2ccccc2)[Si](C)(C)c2ccc(C)cc2C)cc1. The topological polar surface area (TPSA) is 38.3 Å². The highest BCUT2D eigenvalue weighted by Crippen LogP contribution is 2.44. The molecular formula is C30H34NO2PSi. The highest BCUT2D eigenvalue weighted by Gasteiger charge is 2.41. The van der Waals surface area contributed by atoms with E-state index in [-0.39, 0.29) is 5.67 Å². The quantitative estimate of drug-likeness (QED) is 0.238. The fourth-order valence-corrected chi connectivity index (χ4v) is 12.0. The van der Waals surface area contributed by atoms with Crippen LogP contribution in [0.2, 0.25) is 13.1 Å². The standard InChI is InChI=1S/C30H34NO2PSi/c1-23-16-21-29(24(2)22-23)35(4,5)30(25-17-19-26(33-3)20-18-25)31-34(32,27-12-8-6-9-13-27)28-14-10-7-11-15-28/h6-22,30H,1-5H3,(H,31,32). The van der Waals surface area contributed by atoms with E-state index in [1.165, 1.54) is 16.3 Å². The lowest BCUT2D eigenvalue weighted by Gasteiger charge is -2.38. The lowest BCUT2D eigenvalue weighted by atomic mass is 10.2. The smallest absolute Gasteiger partial charge is 0.204 e. The Morgan fingerprint density at radius 1 is 0.771 bits per heavy atom. The Balaban J connectivity index is 1.90. The largest absolute Gasteiger partial charge is 0.497 e. The molecule has 0 aromatic heterocycles. The maximum absolute atomic E-state index is 15.0. The van der Waals surface area contributed by atoms with E-state index in [9.17, 15) is 0 Å². The van der Waals surface area contributed by atoms with E-state index in [2.05, 4.69) is 62.4 Å². The van der Waals surface area contributed by atoms with Gasteiger partial charge in [-0.2, -0.15) is 0 Å². The molecule has 4 aromatic carbocycles. The van der Waals surface area contributed by atoms with Crippen LogP contribution in [-0.4, -0.2) is 15.2 Å². The van der Waals surface area contributed by atoms with Crippen LogP contribution in [0.4, 0.5) is 0 Å². The molecule has 5 heteroatoms. The van der Waals surface area contributed by atoms with Crippen molar-refractivity contribution in [3.05, 3.63) is 120 Å². The number of hydrogen-bond donors (Lipinski definition) is 1. The number of methoxy groups -OCH3 is 1. The van der Waals surface area contributed by atoms with Crippen molar-refractivity contribution in [2.24, 2.45) is 0 Å². The fraction of sp³-hybridized carbons (Fsp3) is 0.200. The van der Waals surface area contributed by atoms with E-state index in [0.717, 1.165) is 21.9 Å². The van der Waals surface area contributed by atoms with Gasteiger partial charge in [-0.05, 0) is 55.8 Å². The predicted octanol–water partition coefficient (Wildman–Crippen LogP) is 6.03. The molecule has 0 aliphatic carbocycles. The first-order valence-corrected chi connectivity index (χ1v) is 16.7. The van der Waals surface area contributed by atoms with Crippen molar-refractivity contribution in [3.63, 3.8) is 0 Å². The van der Waals surface area contributed by atoms with E-state index in [4.69, 9.17) is 4.74 Å². The van der Waals surface area contributed by atoms with Gasteiger partial charge in [0.25, 0.3) is 0 Å². The second kappa shape index (κ2) is 10.4. The number of nitrogens with one attached hydrogen (secondary N) is 1. The molecular weight excluding hydrogens is 465 g/mol. The van der Waals surface area contributed by atoms with E-state index in [1.54, 1.807) is 7.11 Å². The molecule has 0 saturated carbocycles. The third-order valence-corrected chi connectivity index (χ3v) is 13.6. The maximum atomic E-state index is 15.0. The van der Waals surface area contributed by atoms with Gasteiger partial charge in [0.05, 0.1) is 7.11 Å². The molecule has 3 nitrogen and oxygen atoms in total. The molecule has 0 heterocycles.